The minimum atomic E-state index is 0.452. The van der Waals surface area contributed by atoms with Crippen molar-refractivity contribution in [1.82, 2.24) is 5.32 Å². The molecular weight excluding hydrogens is 222 g/mol. The number of rotatable bonds is 8. The summed E-state index contributed by atoms with van der Waals surface area (Å²) in [5.74, 6) is 1.73. The fourth-order valence-corrected chi connectivity index (χ4v) is 1.99. The maximum Gasteiger partial charge on any atom is 0.119 e. The van der Waals surface area contributed by atoms with Gasteiger partial charge in [0.1, 0.15) is 5.75 Å². The summed E-state index contributed by atoms with van der Waals surface area (Å²) in [5.41, 5.74) is 1.35. The summed E-state index contributed by atoms with van der Waals surface area (Å²) in [7, 11) is 2.03. The molecule has 0 amide bonds. The molecule has 0 bridgehead atoms. The summed E-state index contributed by atoms with van der Waals surface area (Å²) in [5, 5.41) is 3.40. The van der Waals surface area contributed by atoms with E-state index in [1.54, 1.807) is 0 Å². The van der Waals surface area contributed by atoms with Crippen molar-refractivity contribution < 1.29 is 4.74 Å². The Morgan fingerprint density at radius 2 is 1.78 bits per heavy atom. The lowest BCUT2D eigenvalue weighted by molar-refractivity contribution is 0.317. The lowest BCUT2D eigenvalue weighted by Gasteiger charge is -2.18. The highest BCUT2D eigenvalue weighted by Gasteiger charge is 2.09. The number of ether oxygens (including phenoxy) is 1. The molecule has 1 unspecified atom stereocenters. The highest BCUT2D eigenvalue weighted by atomic mass is 16.5. The normalized spacial score (nSPS) is 12.7. The third kappa shape index (κ3) is 5.09. The molecule has 0 heterocycles. The van der Waals surface area contributed by atoms with Gasteiger partial charge in [0.05, 0.1) is 6.61 Å². The van der Waals surface area contributed by atoms with Crippen LogP contribution in [0, 0.1) is 5.92 Å². The first kappa shape index (κ1) is 15.0. The molecule has 0 aromatic heterocycles. The van der Waals surface area contributed by atoms with Crippen LogP contribution in [0.15, 0.2) is 24.3 Å². The molecule has 0 aliphatic heterocycles. The van der Waals surface area contributed by atoms with E-state index in [4.69, 9.17) is 4.74 Å². The van der Waals surface area contributed by atoms with Gasteiger partial charge in [-0.25, -0.2) is 0 Å². The Labute approximate surface area is 112 Å². The minimum absolute atomic E-state index is 0.452. The van der Waals surface area contributed by atoms with E-state index in [1.807, 2.05) is 7.05 Å². The van der Waals surface area contributed by atoms with E-state index in [9.17, 15) is 0 Å². The van der Waals surface area contributed by atoms with E-state index in [0.29, 0.717) is 6.04 Å². The Balaban J connectivity index is 2.57. The van der Waals surface area contributed by atoms with Crippen molar-refractivity contribution in [3.05, 3.63) is 29.8 Å². The van der Waals surface area contributed by atoms with Crippen LogP contribution in [0.25, 0.3) is 0 Å². The van der Waals surface area contributed by atoms with Gasteiger partial charge in [0.15, 0.2) is 0 Å². The third-order valence-corrected chi connectivity index (χ3v) is 3.14. The van der Waals surface area contributed by atoms with Crippen LogP contribution >= 0.6 is 0 Å². The summed E-state index contributed by atoms with van der Waals surface area (Å²) in [6.07, 6.45) is 3.48. The molecule has 1 aromatic rings. The van der Waals surface area contributed by atoms with Crippen molar-refractivity contribution in [1.29, 1.82) is 0 Å². The standard InChI is InChI=1S/C16H27NO/c1-5-12-18-15-9-7-14(8-10-15)16(17-4)11-6-13(2)3/h7-10,13,16-17H,5-6,11-12H2,1-4H3. The monoisotopic (exact) mass is 249 g/mol. The summed E-state index contributed by atoms with van der Waals surface area (Å²) >= 11 is 0. The molecule has 0 saturated heterocycles. The molecule has 0 radical (unpaired) electrons. The van der Waals surface area contributed by atoms with E-state index in [1.165, 1.54) is 18.4 Å². The Morgan fingerprint density at radius 1 is 1.11 bits per heavy atom. The average Bonchev–Trinajstić information content (AvgIpc) is 2.38. The predicted octanol–water partition coefficient (Wildman–Crippen LogP) is 4.17. The van der Waals surface area contributed by atoms with E-state index >= 15 is 0 Å². The Hall–Kier alpha value is -1.02. The highest BCUT2D eigenvalue weighted by molar-refractivity contribution is 5.29. The summed E-state index contributed by atoms with van der Waals surface area (Å²) in [6, 6.07) is 8.95. The summed E-state index contributed by atoms with van der Waals surface area (Å²) in [6.45, 7) is 7.46. The number of hydrogen-bond donors (Lipinski definition) is 1. The van der Waals surface area contributed by atoms with Gasteiger partial charge in [-0.05, 0) is 49.9 Å². The maximum atomic E-state index is 5.60. The van der Waals surface area contributed by atoms with Crippen LogP contribution in [0.5, 0.6) is 5.75 Å². The second-order valence-corrected chi connectivity index (χ2v) is 5.23. The van der Waals surface area contributed by atoms with Gasteiger partial charge in [-0.3, -0.25) is 0 Å². The topological polar surface area (TPSA) is 21.3 Å². The lowest BCUT2D eigenvalue weighted by Crippen LogP contribution is -2.16. The molecule has 2 nitrogen and oxygen atoms in total. The molecule has 18 heavy (non-hydrogen) atoms. The van der Waals surface area contributed by atoms with E-state index in [0.717, 1.165) is 24.7 Å². The van der Waals surface area contributed by atoms with E-state index in [2.05, 4.69) is 50.4 Å². The Kier molecular flexibility index (Phi) is 6.81. The first-order valence-electron chi connectivity index (χ1n) is 7.07. The van der Waals surface area contributed by atoms with E-state index in [-0.39, 0.29) is 0 Å². The van der Waals surface area contributed by atoms with Crippen LogP contribution in [-0.2, 0) is 0 Å². The van der Waals surface area contributed by atoms with Gasteiger partial charge >= 0.3 is 0 Å². The summed E-state index contributed by atoms with van der Waals surface area (Å²) < 4.78 is 5.60. The quantitative estimate of drug-likeness (QED) is 0.746. The molecule has 1 aromatic carbocycles. The zero-order valence-corrected chi connectivity index (χ0v) is 12.2. The lowest BCUT2D eigenvalue weighted by atomic mass is 9.98. The van der Waals surface area contributed by atoms with Crippen LogP contribution in [0.1, 0.15) is 51.6 Å². The maximum absolute atomic E-state index is 5.60. The van der Waals surface area contributed by atoms with Gasteiger partial charge in [0.25, 0.3) is 0 Å². The molecule has 0 saturated carbocycles. The van der Waals surface area contributed by atoms with Crippen LogP contribution in [-0.4, -0.2) is 13.7 Å². The second kappa shape index (κ2) is 8.15. The average molecular weight is 249 g/mol. The van der Waals surface area contributed by atoms with Crippen LogP contribution in [0.4, 0.5) is 0 Å². The van der Waals surface area contributed by atoms with Gasteiger partial charge in [-0.2, -0.15) is 0 Å². The molecular formula is C16H27NO. The summed E-state index contributed by atoms with van der Waals surface area (Å²) in [4.78, 5) is 0. The molecule has 1 rings (SSSR count). The van der Waals surface area contributed by atoms with Crippen LogP contribution in [0.2, 0.25) is 0 Å². The zero-order valence-electron chi connectivity index (χ0n) is 12.2. The van der Waals surface area contributed by atoms with Crippen molar-refractivity contribution in [2.45, 2.75) is 46.1 Å². The molecule has 1 N–H and O–H groups in total. The van der Waals surface area contributed by atoms with Gasteiger partial charge < -0.3 is 10.1 Å². The number of benzene rings is 1. The fourth-order valence-electron chi connectivity index (χ4n) is 1.99. The van der Waals surface area contributed by atoms with Crippen molar-refractivity contribution in [3.8, 4) is 5.75 Å². The molecule has 2 heteroatoms. The molecule has 0 aliphatic carbocycles. The van der Waals surface area contributed by atoms with Gasteiger partial charge in [0, 0.05) is 6.04 Å². The van der Waals surface area contributed by atoms with Crippen molar-refractivity contribution in [3.63, 3.8) is 0 Å². The van der Waals surface area contributed by atoms with Gasteiger partial charge in [-0.1, -0.05) is 32.9 Å². The molecule has 0 fully saturated rings. The smallest absolute Gasteiger partial charge is 0.119 e. The van der Waals surface area contributed by atoms with E-state index < -0.39 is 0 Å². The van der Waals surface area contributed by atoms with Gasteiger partial charge in [-0.15, -0.1) is 0 Å². The number of nitrogens with one attached hydrogen (secondary N) is 1. The third-order valence-electron chi connectivity index (χ3n) is 3.14. The first-order valence-corrected chi connectivity index (χ1v) is 7.07. The second-order valence-electron chi connectivity index (χ2n) is 5.23. The molecule has 102 valence electrons. The first-order chi connectivity index (χ1) is 8.67. The van der Waals surface area contributed by atoms with Crippen LogP contribution in [0.3, 0.4) is 0 Å². The molecule has 1 atom stereocenters. The van der Waals surface area contributed by atoms with Crippen molar-refractivity contribution >= 4 is 0 Å². The fraction of sp³-hybridized carbons (Fsp3) is 0.625. The largest absolute Gasteiger partial charge is 0.494 e. The van der Waals surface area contributed by atoms with Crippen LogP contribution < -0.4 is 10.1 Å². The van der Waals surface area contributed by atoms with Gasteiger partial charge in [0.2, 0.25) is 0 Å². The Morgan fingerprint density at radius 3 is 2.28 bits per heavy atom. The molecule has 0 spiro atoms. The Bertz CT molecular complexity index is 318. The highest BCUT2D eigenvalue weighted by Crippen LogP contribution is 2.23. The molecule has 0 aliphatic rings. The number of hydrogen-bond acceptors (Lipinski definition) is 2. The van der Waals surface area contributed by atoms with Crippen molar-refractivity contribution in [2.24, 2.45) is 5.92 Å². The zero-order chi connectivity index (χ0) is 13.4. The SMILES string of the molecule is CCCOc1ccc(C(CCC(C)C)NC)cc1. The predicted molar refractivity (Wildman–Crippen MR) is 78.1 cm³/mol. The minimum Gasteiger partial charge on any atom is -0.494 e. The van der Waals surface area contributed by atoms with Crippen molar-refractivity contribution in [2.75, 3.05) is 13.7 Å².